The molecule has 1 rings (SSSR count). The number of rotatable bonds is 7. The molecule has 23 heavy (non-hydrogen) atoms. The van der Waals surface area contributed by atoms with Crippen molar-refractivity contribution in [3.05, 3.63) is 42.0 Å². The van der Waals surface area contributed by atoms with Crippen molar-refractivity contribution in [2.75, 3.05) is 7.11 Å². The molecular formula is C17H20O6. The molecule has 0 aliphatic heterocycles. The summed E-state index contributed by atoms with van der Waals surface area (Å²) in [6.07, 6.45) is -0.993. The average Bonchev–Trinajstić information content (AvgIpc) is 2.52. The number of esters is 3. The molecule has 0 aliphatic rings. The lowest BCUT2D eigenvalue weighted by Crippen LogP contribution is -2.31. The van der Waals surface area contributed by atoms with Crippen LogP contribution >= 0.6 is 0 Å². The van der Waals surface area contributed by atoms with Crippen LogP contribution in [0.4, 0.5) is 0 Å². The van der Waals surface area contributed by atoms with Gasteiger partial charge >= 0.3 is 17.9 Å². The molecule has 0 saturated carbocycles. The standard InChI is InChI=1S/C17H20O6/c1-5-14(22-16(19)11(2)3)17(20)23-15(18)10-12-6-8-13(21-4)9-7-12/h6-9,14H,2,5,10H2,1,3-4H3. The van der Waals surface area contributed by atoms with Gasteiger partial charge in [-0.25, -0.2) is 9.59 Å². The fourth-order valence-electron chi connectivity index (χ4n) is 1.65. The van der Waals surface area contributed by atoms with Crippen molar-refractivity contribution in [3.8, 4) is 5.75 Å². The van der Waals surface area contributed by atoms with E-state index >= 15 is 0 Å². The number of ether oxygens (including phenoxy) is 3. The van der Waals surface area contributed by atoms with Gasteiger partial charge in [-0.2, -0.15) is 0 Å². The molecule has 1 aromatic carbocycles. The second kappa shape index (κ2) is 8.73. The van der Waals surface area contributed by atoms with Gasteiger partial charge in [-0.05, 0) is 31.0 Å². The van der Waals surface area contributed by atoms with Crippen LogP contribution in [0.25, 0.3) is 0 Å². The van der Waals surface area contributed by atoms with Crippen LogP contribution in [0.1, 0.15) is 25.8 Å². The third-order valence-corrected chi connectivity index (χ3v) is 2.95. The van der Waals surface area contributed by atoms with Crippen molar-refractivity contribution in [3.63, 3.8) is 0 Å². The maximum absolute atomic E-state index is 11.9. The van der Waals surface area contributed by atoms with E-state index in [4.69, 9.17) is 14.2 Å². The highest BCUT2D eigenvalue weighted by atomic mass is 16.6. The quantitative estimate of drug-likeness (QED) is 0.435. The van der Waals surface area contributed by atoms with Crippen LogP contribution in [0.5, 0.6) is 5.75 Å². The van der Waals surface area contributed by atoms with Crippen LogP contribution in [-0.2, 0) is 30.3 Å². The first-order chi connectivity index (χ1) is 10.9. The predicted molar refractivity (Wildman–Crippen MR) is 82.8 cm³/mol. The minimum absolute atomic E-state index is 0.0688. The van der Waals surface area contributed by atoms with E-state index in [1.807, 2.05) is 0 Å². The minimum atomic E-state index is -1.13. The maximum atomic E-state index is 11.9. The first kappa shape index (κ1) is 18.4. The van der Waals surface area contributed by atoms with E-state index in [0.717, 1.165) is 0 Å². The fourth-order valence-corrected chi connectivity index (χ4v) is 1.65. The molecular weight excluding hydrogens is 300 g/mol. The molecule has 1 aromatic rings. The highest BCUT2D eigenvalue weighted by molar-refractivity contribution is 5.92. The van der Waals surface area contributed by atoms with E-state index in [2.05, 4.69) is 6.58 Å². The first-order valence-electron chi connectivity index (χ1n) is 7.11. The number of carbonyl (C=O) groups excluding carboxylic acids is 3. The molecule has 0 fully saturated rings. The summed E-state index contributed by atoms with van der Waals surface area (Å²) in [5.41, 5.74) is 0.844. The molecule has 124 valence electrons. The largest absolute Gasteiger partial charge is 0.497 e. The molecule has 0 amide bonds. The second-order valence-electron chi connectivity index (χ2n) is 4.90. The topological polar surface area (TPSA) is 78.9 Å². The van der Waals surface area contributed by atoms with Gasteiger partial charge in [-0.1, -0.05) is 25.6 Å². The van der Waals surface area contributed by atoms with Crippen LogP contribution in [0, 0.1) is 0 Å². The normalized spacial score (nSPS) is 11.3. The first-order valence-corrected chi connectivity index (χ1v) is 7.11. The van der Waals surface area contributed by atoms with Gasteiger partial charge in [-0.15, -0.1) is 0 Å². The molecule has 0 radical (unpaired) electrons. The third kappa shape index (κ3) is 5.94. The van der Waals surface area contributed by atoms with Crippen LogP contribution in [0.15, 0.2) is 36.4 Å². The number of methoxy groups -OCH3 is 1. The number of carbonyl (C=O) groups is 3. The van der Waals surface area contributed by atoms with Gasteiger partial charge < -0.3 is 14.2 Å². The van der Waals surface area contributed by atoms with E-state index in [9.17, 15) is 14.4 Å². The Morgan fingerprint density at radius 3 is 2.26 bits per heavy atom. The molecule has 0 saturated heterocycles. The molecule has 6 heteroatoms. The smallest absolute Gasteiger partial charge is 0.355 e. The predicted octanol–water partition coefficient (Wildman–Crippen LogP) is 2.21. The van der Waals surface area contributed by atoms with Crippen LogP contribution in [-0.4, -0.2) is 31.1 Å². The summed E-state index contributed by atoms with van der Waals surface area (Å²) in [5, 5.41) is 0. The minimum Gasteiger partial charge on any atom is -0.497 e. The number of benzene rings is 1. The summed E-state index contributed by atoms with van der Waals surface area (Å²) < 4.78 is 14.7. The van der Waals surface area contributed by atoms with Crippen LogP contribution in [0.3, 0.4) is 0 Å². The summed E-state index contributed by atoms with van der Waals surface area (Å²) in [6, 6.07) is 6.80. The summed E-state index contributed by atoms with van der Waals surface area (Å²) in [5.74, 6) is -1.64. The van der Waals surface area contributed by atoms with Crippen molar-refractivity contribution in [2.45, 2.75) is 32.8 Å². The molecule has 0 bridgehead atoms. The van der Waals surface area contributed by atoms with E-state index in [1.165, 1.54) is 6.92 Å². The zero-order valence-electron chi connectivity index (χ0n) is 13.5. The van der Waals surface area contributed by atoms with Gasteiger partial charge in [0.2, 0.25) is 0 Å². The average molecular weight is 320 g/mol. The van der Waals surface area contributed by atoms with Gasteiger partial charge in [-0.3, -0.25) is 4.79 Å². The number of hydrogen-bond acceptors (Lipinski definition) is 6. The lowest BCUT2D eigenvalue weighted by Gasteiger charge is -2.14. The van der Waals surface area contributed by atoms with Crippen molar-refractivity contribution >= 4 is 17.9 Å². The monoisotopic (exact) mass is 320 g/mol. The van der Waals surface area contributed by atoms with E-state index in [1.54, 1.807) is 38.3 Å². The summed E-state index contributed by atoms with van der Waals surface area (Å²) in [7, 11) is 1.54. The Bertz CT molecular complexity index is 588. The van der Waals surface area contributed by atoms with Crippen molar-refractivity contribution in [2.24, 2.45) is 0 Å². The van der Waals surface area contributed by atoms with E-state index in [0.29, 0.717) is 11.3 Å². The van der Waals surface area contributed by atoms with Crippen LogP contribution in [0.2, 0.25) is 0 Å². The molecule has 0 heterocycles. The molecule has 0 aliphatic carbocycles. The molecule has 0 aromatic heterocycles. The Balaban J connectivity index is 2.58. The third-order valence-electron chi connectivity index (χ3n) is 2.95. The number of hydrogen-bond donors (Lipinski definition) is 0. The molecule has 1 atom stereocenters. The van der Waals surface area contributed by atoms with Gasteiger partial charge in [0.15, 0.2) is 6.10 Å². The lowest BCUT2D eigenvalue weighted by molar-refractivity contribution is -0.172. The second-order valence-corrected chi connectivity index (χ2v) is 4.90. The molecule has 0 N–H and O–H groups in total. The Hall–Kier alpha value is -2.63. The zero-order chi connectivity index (χ0) is 17.4. The van der Waals surface area contributed by atoms with Crippen molar-refractivity contribution < 1.29 is 28.6 Å². The fraction of sp³-hybridized carbons (Fsp3) is 0.353. The molecule has 1 unspecified atom stereocenters. The highest BCUT2D eigenvalue weighted by Crippen LogP contribution is 2.12. The van der Waals surface area contributed by atoms with Crippen LogP contribution < -0.4 is 4.74 Å². The Morgan fingerprint density at radius 2 is 1.78 bits per heavy atom. The van der Waals surface area contributed by atoms with Gasteiger partial charge in [0.1, 0.15) is 5.75 Å². The lowest BCUT2D eigenvalue weighted by atomic mass is 10.1. The van der Waals surface area contributed by atoms with Gasteiger partial charge in [0, 0.05) is 5.57 Å². The summed E-state index contributed by atoms with van der Waals surface area (Å²) in [6.45, 7) is 6.54. The zero-order valence-corrected chi connectivity index (χ0v) is 13.5. The van der Waals surface area contributed by atoms with E-state index < -0.39 is 24.0 Å². The van der Waals surface area contributed by atoms with Gasteiger partial charge in [0.25, 0.3) is 0 Å². The van der Waals surface area contributed by atoms with Crippen molar-refractivity contribution in [1.82, 2.24) is 0 Å². The Morgan fingerprint density at radius 1 is 1.17 bits per heavy atom. The Kier molecular flexibility index (Phi) is 6.99. The SMILES string of the molecule is C=C(C)C(=O)OC(CC)C(=O)OC(=O)Cc1ccc(OC)cc1. The summed E-state index contributed by atoms with van der Waals surface area (Å²) in [4.78, 5) is 35.1. The van der Waals surface area contributed by atoms with Crippen molar-refractivity contribution in [1.29, 1.82) is 0 Å². The summed E-state index contributed by atoms with van der Waals surface area (Å²) >= 11 is 0. The van der Waals surface area contributed by atoms with Gasteiger partial charge in [0.05, 0.1) is 13.5 Å². The Labute approximate surface area is 135 Å². The highest BCUT2D eigenvalue weighted by Gasteiger charge is 2.25. The van der Waals surface area contributed by atoms with E-state index in [-0.39, 0.29) is 18.4 Å². The molecule has 6 nitrogen and oxygen atoms in total. The maximum Gasteiger partial charge on any atom is 0.355 e. The molecule has 0 spiro atoms.